The van der Waals surface area contributed by atoms with Crippen LogP contribution < -0.4 is 15.5 Å². The molecule has 0 spiro atoms. The summed E-state index contributed by atoms with van der Waals surface area (Å²) in [6.45, 7) is 5.52. The first-order valence-electron chi connectivity index (χ1n) is 7.03. The van der Waals surface area contributed by atoms with Crippen LogP contribution in [0.2, 0.25) is 0 Å². The molecule has 2 N–H and O–H groups in total. The molecule has 0 saturated heterocycles. The second kappa shape index (κ2) is 6.52. The number of nitrogens with zero attached hydrogens (tertiary/aromatic N) is 1. The van der Waals surface area contributed by atoms with Crippen LogP contribution >= 0.6 is 0 Å². The molecule has 0 aromatic heterocycles. The number of carbonyl (C=O) groups excluding carboxylic acids is 2. The average molecular weight is 275 g/mol. The van der Waals surface area contributed by atoms with Gasteiger partial charge in [0, 0.05) is 24.8 Å². The predicted octanol–water partition coefficient (Wildman–Crippen LogP) is 1.53. The Kier molecular flexibility index (Phi) is 4.74. The minimum Gasteiger partial charge on any atom is -0.325 e. The molecule has 0 unspecified atom stereocenters. The normalized spacial score (nSPS) is 13.2. The minimum absolute atomic E-state index is 0.0418. The number of amides is 2. The lowest BCUT2D eigenvalue weighted by atomic mass is 10.1. The van der Waals surface area contributed by atoms with Crippen molar-refractivity contribution in [2.45, 2.75) is 26.7 Å². The highest BCUT2D eigenvalue weighted by molar-refractivity contribution is 5.96. The molecule has 2 amide bonds. The minimum atomic E-state index is -0.0418. The summed E-state index contributed by atoms with van der Waals surface area (Å²) in [6.07, 6.45) is 1.85. The molecule has 1 aromatic rings. The van der Waals surface area contributed by atoms with Gasteiger partial charge in [-0.05, 0) is 43.1 Å². The maximum absolute atomic E-state index is 11.7. The highest BCUT2D eigenvalue weighted by atomic mass is 16.2. The molecule has 5 heteroatoms. The van der Waals surface area contributed by atoms with Crippen molar-refractivity contribution in [3.8, 4) is 0 Å². The Morgan fingerprint density at radius 1 is 1.35 bits per heavy atom. The van der Waals surface area contributed by atoms with Crippen molar-refractivity contribution in [3.63, 3.8) is 0 Å². The second-order valence-electron chi connectivity index (χ2n) is 4.99. The van der Waals surface area contributed by atoms with Crippen LogP contribution in [-0.4, -0.2) is 31.4 Å². The zero-order valence-corrected chi connectivity index (χ0v) is 12.0. The van der Waals surface area contributed by atoms with E-state index in [-0.39, 0.29) is 11.8 Å². The van der Waals surface area contributed by atoms with E-state index < -0.39 is 0 Å². The van der Waals surface area contributed by atoms with Crippen LogP contribution in [0.15, 0.2) is 18.2 Å². The molecule has 1 aliphatic heterocycles. The smallest absolute Gasteiger partial charge is 0.238 e. The van der Waals surface area contributed by atoms with Crippen molar-refractivity contribution in [1.29, 1.82) is 0 Å². The summed E-state index contributed by atoms with van der Waals surface area (Å²) < 4.78 is 0. The Morgan fingerprint density at radius 2 is 2.15 bits per heavy atom. The molecule has 1 aromatic carbocycles. The zero-order valence-electron chi connectivity index (χ0n) is 12.0. The molecular formula is C15H21N3O2. The molecule has 0 aliphatic carbocycles. The third kappa shape index (κ3) is 3.36. The van der Waals surface area contributed by atoms with Gasteiger partial charge < -0.3 is 15.5 Å². The highest BCUT2D eigenvalue weighted by Gasteiger charge is 2.22. The standard InChI is InChI=1S/C15H21N3O2/c1-3-7-16-10-15(20)17-13-4-5-14-12(9-13)6-8-18(14)11(2)19/h4-5,9,16H,3,6-8,10H2,1-2H3,(H,17,20). The first-order valence-corrected chi connectivity index (χ1v) is 7.03. The molecule has 2 rings (SSSR count). The number of rotatable bonds is 5. The van der Waals surface area contributed by atoms with E-state index >= 15 is 0 Å². The van der Waals surface area contributed by atoms with Crippen molar-refractivity contribution in [3.05, 3.63) is 23.8 Å². The topological polar surface area (TPSA) is 61.4 Å². The number of fused-ring (bicyclic) bond motifs is 1. The van der Waals surface area contributed by atoms with Gasteiger partial charge in [-0.15, -0.1) is 0 Å². The quantitative estimate of drug-likeness (QED) is 0.801. The van der Waals surface area contributed by atoms with E-state index in [1.165, 1.54) is 0 Å². The number of benzene rings is 1. The summed E-state index contributed by atoms with van der Waals surface area (Å²) in [7, 11) is 0. The van der Waals surface area contributed by atoms with Crippen LogP contribution in [0.25, 0.3) is 0 Å². The van der Waals surface area contributed by atoms with E-state index in [0.29, 0.717) is 6.54 Å². The fourth-order valence-corrected chi connectivity index (χ4v) is 2.39. The molecule has 0 bridgehead atoms. The van der Waals surface area contributed by atoms with Gasteiger partial charge >= 0.3 is 0 Å². The van der Waals surface area contributed by atoms with Gasteiger partial charge in [0.1, 0.15) is 0 Å². The number of anilines is 2. The summed E-state index contributed by atoms with van der Waals surface area (Å²) in [5.41, 5.74) is 2.86. The summed E-state index contributed by atoms with van der Waals surface area (Å²) >= 11 is 0. The maximum atomic E-state index is 11.7. The molecule has 0 saturated carbocycles. The molecule has 5 nitrogen and oxygen atoms in total. The van der Waals surface area contributed by atoms with Crippen molar-refractivity contribution in [2.75, 3.05) is 29.9 Å². The van der Waals surface area contributed by atoms with E-state index in [1.54, 1.807) is 11.8 Å². The third-order valence-electron chi connectivity index (χ3n) is 3.35. The summed E-state index contributed by atoms with van der Waals surface area (Å²) in [5, 5.41) is 5.93. The lowest BCUT2D eigenvalue weighted by Gasteiger charge is -2.15. The van der Waals surface area contributed by atoms with Gasteiger partial charge in [-0.2, -0.15) is 0 Å². The lowest BCUT2D eigenvalue weighted by molar-refractivity contribution is -0.116. The summed E-state index contributed by atoms with van der Waals surface area (Å²) in [5.74, 6) is 0.0177. The Balaban J connectivity index is 1.98. The molecular weight excluding hydrogens is 254 g/mol. The summed E-state index contributed by atoms with van der Waals surface area (Å²) in [4.78, 5) is 25.0. The van der Waals surface area contributed by atoms with Crippen LogP contribution in [0.4, 0.5) is 11.4 Å². The largest absolute Gasteiger partial charge is 0.325 e. The van der Waals surface area contributed by atoms with E-state index in [2.05, 4.69) is 17.6 Å². The van der Waals surface area contributed by atoms with Gasteiger partial charge in [0.25, 0.3) is 0 Å². The van der Waals surface area contributed by atoms with Gasteiger partial charge in [0.05, 0.1) is 6.54 Å². The lowest BCUT2D eigenvalue weighted by Crippen LogP contribution is -2.28. The van der Waals surface area contributed by atoms with E-state index in [4.69, 9.17) is 0 Å². The van der Waals surface area contributed by atoms with Crippen molar-refractivity contribution < 1.29 is 9.59 Å². The van der Waals surface area contributed by atoms with Gasteiger partial charge in [-0.1, -0.05) is 6.92 Å². The fourth-order valence-electron chi connectivity index (χ4n) is 2.39. The van der Waals surface area contributed by atoms with Crippen LogP contribution in [0, 0.1) is 0 Å². The third-order valence-corrected chi connectivity index (χ3v) is 3.35. The van der Waals surface area contributed by atoms with Crippen LogP contribution in [0.3, 0.4) is 0 Å². The SMILES string of the molecule is CCCNCC(=O)Nc1ccc2c(c1)CCN2C(C)=O. The maximum Gasteiger partial charge on any atom is 0.238 e. The number of hydrogen-bond donors (Lipinski definition) is 2. The fraction of sp³-hybridized carbons (Fsp3) is 0.467. The Bertz CT molecular complexity index is 514. The monoisotopic (exact) mass is 275 g/mol. The Labute approximate surface area is 119 Å². The van der Waals surface area contributed by atoms with Crippen LogP contribution in [-0.2, 0) is 16.0 Å². The molecule has 0 radical (unpaired) electrons. The number of nitrogens with one attached hydrogen (secondary N) is 2. The van der Waals surface area contributed by atoms with Gasteiger partial charge in [-0.3, -0.25) is 9.59 Å². The van der Waals surface area contributed by atoms with E-state index in [9.17, 15) is 9.59 Å². The first kappa shape index (κ1) is 14.5. The second-order valence-corrected chi connectivity index (χ2v) is 4.99. The Morgan fingerprint density at radius 3 is 2.85 bits per heavy atom. The molecule has 0 atom stereocenters. The van der Waals surface area contributed by atoms with Gasteiger partial charge in [-0.25, -0.2) is 0 Å². The summed E-state index contributed by atoms with van der Waals surface area (Å²) in [6, 6.07) is 5.70. The van der Waals surface area contributed by atoms with Crippen LogP contribution in [0.5, 0.6) is 0 Å². The number of hydrogen-bond acceptors (Lipinski definition) is 3. The Hall–Kier alpha value is -1.88. The van der Waals surface area contributed by atoms with Crippen molar-refractivity contribution in [1.82, 2.24) is 5.32 Å². The predicted molar refractivity (Wildman–Crippen MR) is 80.0 cm³/mol. The molecule has 1 aliphatic rings. The van der Waals surface area contributed by atoms with Crippen molar-refractivity contribution >= 4 is 23.2 Å². The van der Waals surface area contributed by atoms with E-state index in [0.717, 1.165) is 42.9 Å². The van der Waals surface area contributed by atoms with E-state index in [1.807, 2.05) is 18.2 Å². The van der Waals surface area contributed by atoms with Gasteiger partial charge in [0.2, 0.25) is 11.8 Å². The highest BCUT2D eigenvalue weighted by Crippen LogP contribution is 2.30. The van der Waals surface area contributed by atoms with Crippen LogP contribution in [0.1, 0.15) is 25.8 Å². The zero-order chi connectivity index (χ0) is 14.5. The molecule has 20 heavy (non-hydrogen) atoms. The first-order chi connectivity index (χ1) is 9.61. The molecule has 0 fully saturated rings. The number of carbonyl (C=O) groups is 2. The molecule has 1 heterocycles. The van der Waals surface area contributed by atoms with Crippen molar-refractivity contribution in [2.24, 2.45) is 0 Å². The van der Waals surface area contributed by atoms with Gasteiger partial charge in [0.15, 0.2) is 0 Å². The average Bonchev–Trinajstić information content (AvgIpc) is 2.82. The molecule has 108 valence electrons.